The normalized spacial score (nSPS) is 17.6. The molecule has 1 atom stereocenters. The molecule has 2 aliphatic rings. The minimum absolute atomic E-state index is 0.0816. The molecule has 0 unspecified atom stereocenters. The van der Waals surface area contributed by atoms with Gasteiger partial charge in [-0.1, -0.05) is 29.8 Å². The molecule has 3 aromatic rings. The summed E-state index contributed by atoms with van der Waals surface area (Å²) in [4.78, 5) is 15.3. The van der Waals surface area contributed by atoms with Crippen molar-refractivity contribution in [2.45, 2.75) is 25.6 Å². The molecule has 12 heteroatoms. The number of ether oxygens (including phenoxy) is 2. The first-order chi connectivity index (χ1) is 18.7. The number of aryl methyl sites for hydroxylation is 1. The fourth-order valence-corrected chi connectivity index (χ4v) is 5.01. The van der Waals surface area contributed by atoms with Crippen LogP contribution in [-0.4, -0.2) is 71.3 Å². The average molecular weight is 562 g/mol. The van der Waals surface area contributed by atoms with E-state index in [2.05, 4.69) is 25.2 Å². The molecule has 1 fully saturated rings. The fourth-order valence-electron chi connectivity index (χ4n) is 4.89. The Bertz CT molecular complexity index is 1370. The third kappa shape index (κ3) is 6.43. The van der Waals surface area contributed by atoms with Crippen LogP contribution in [0.5, 0.6) is 5.75 Å². The van der Waals surface area contributed by atoms with Gasteiger partial charge in [-0.3, -0.25) is 14.3 Å². The van der Waals surface area contributed by atoms with Crippen molar-refractivity contribution in [3.8, 4) is 11.4 Å². The van der Waals surface area contributed by atoms with Crippen LogP contribution < -0.4 is 10.1 Å². The summed E-state index contributed by atoms with van der Waals surface area (Å²) in [5.41, 5.74) is 2.42. The number of fused-ring (bicyclic) bond motifs is 3. The predicted molar refractivity (Wildman–Crippen MR) is 139 cm³/mol. The van der Waals surface area contributed by atoms with Gasteiger partial charge in [-0.05, 0) is 48.4 Å². The van der Waals surface area contributed by atoms with Crippen LogP contribution >= 0.6 is 11.6 Å². The number of allylic oxidation sites excluding steroid dienone is 1. The summed E-state index contributed by atoms with van der Waals surface area (Å²) >= 11 is 6.11. The molecule has 1 saturated heterocycles. The number of carbonyl (C=O) groups excluding carboxylic acids is 1. The van der Waals surface area contributed by atoms with Crippen molar-refractivity contribution in [2.75, 3.05) is 39.4 Å². The highest BCUT2D eigenvalue weighted by Crippen LogP contribution is 2.40. The van der Waals surface area contributed by atoms with Crippen LogP contribution in [0.2, 0.25) is 5.02 Å². The molecule has 1 N–H and O–H groups in total. The van der Waals surface area contributed by atoms with Crippen LogP contribution in [0.15, 0.2) is 48.5 Å². The number of morpholine rings is 1. The lowest BCUT2D eigenvalue weighted by Crippen LogP contribution is -2.41. The molecule has 0 saturated carbocycles. The second-order valence-corrected chi connectivity index (χ2v) is 9.81. The van der Waals surface area contributed by atoms with Crippen LogP contribution in [0, 0.1) is 6.92 Å². The minimum atomic E-state index is -4.84. The van der Waals surface area contributed by atoms with E-state index in [0.717, 1.165) is 18.7 Å². The Kier molecular flexibility index (Phi) is 7.92. The Morgan fingerprint density at radius 1 is 1.15 bits per heavy atom. The van der Waals surface area contributed by atoms with Crippen LogP contribution in [0.1, 0.15) is 35.1 Å². The van der Waals surface area contributed by atoms with Gasteiger partial charge in [0.1, 0.15) is 17.4 Å². The van der Waals surface area contributed by atoms with E-state index >= 15 is 0 Å². The maximum Gasteiger partial charge on any atom is 0.573 e. The molecule has 3 heterocycles. The standard InChI is InChI=1S/C27H27ClF3N5O3/c1-17-33-34-26-19(15-25(37)32-8-9-35-10-12-38-13-11-35)14-22(18-2-4-20(28)5-3-18)23-16-21(39-27(29,30)31)6-7-24(23)36(17)26/h2-7,14,16,19H,8-13,15H2,1H3,(H,32,37)/t19-/m1/s1. The van der Waals surface area contributed by atoms with Crippen LogP contribution in [0.3, 0.4) is 0 Å². The summed E-state index contributed by atoms with van der Waals surface area (Å²) in [6.45, 7) is 5.97. The van der Waals surface area contributed by atoms with Crippen molar-refractivity contribution in [1.29, 1.82) is 0 Å². The lowest BCUT2D eigenvalue weighted by molar-refractivity contribution is -0.274. The summed E-state index contributed by atoms with van der Waals surface area (Å²) in [5.74, 6) is 0.0383. The number of hydrogen-bond acceptors (Lipinski definition) is 6. The van der Waals surface area contributed by atoms with Crippen molar-refractivity contribution >= 4 is 23.1 Å². The van der Waals surface area contributed by atoms with Gasteiger partial charge in [-0.2, -0.15) is 0 Å². The number of nitrogens with zero attached hydrogens (tertiary/aromatic N) is 4. The minimum Gasteiger partial charge on any atom is -0.406 e. The molecule has 8 nitrogen and oxygen atoms in total. The first kappa shape index (κ1) is 27.2. The van der Waals surface area contributed by atoms with Gasteiger partial charge in [0.15, 0.2) is 0 Å². The zero-order chi connectivity index (χ0) is 27.6. The molecule has 0 radical (unpaired) electrons. The molecule has 206 valence electrons. The second kappa shape index (κ2) is 11.4. The first-order valence-electron chi connectivity index (χ1n) is 12.5. The monoisotopic (exact) mass is 561 g/mol. The summed E-state index contributed by atoms with van der Waals surface area (Å²) in [6, 6.07) is 11.1. The van der Waals surface area contributed by atoms with Crippen molar-refractivity contribution in [2.24, 2.45) is 0 Å². The lowest BCUT2D eigenvalue weighted by atomic mass is 9.92. The molecule has 2 aliphatic heterocycles. The van der Waals surface area contributed by atoms with Crippen LogP contribution in [-0.2, 0) is 9.53 Å². The third-order valence-corrected chi connectivity index (χ3v) is 6.95. The fraction of sp³-hybridized carbons (Fsp3) is 0.370. The van der Waals surface area contributed by atoms with Crippen molar-refractivity contribution in [1.82, 2.24) is 25.0 Å². The van der Waals surface area contributed by atoms with Gasteiger partial charge < -0.3 is 14.8 Å². The zero-order valence-electron chi connectivity index (χ0n) is 21.2. The van der Waals surface area contributed by atoms with Gasteiger partial charge in [0.2, 0.25) is 5.91 Å². The number of aromatic nitrogens is 3. The highest BCUT2D eigenvalue weighted by molar-refractivity contribution is 6.30. The summed E-state index contributed by atoms with van der Waals surface area (Å²) < 4.78 is 50.6. The SMILES string of the molecule is Cc1nnc2n1-c1ccc(OC(F)(F)F)cc1C(c1ccc(Cl)cc1)=C[C@@H]2CC(=O)NCCN1CCOCC1. The molecular formula is C27H27ClF3N5O3. The van der Waals surface area contributed by atoms with Gasteiger partial charge in [0.05, 0.1) is 18.9 Å². The number of alkyl halides is 3. The predicted octanol–water partition coefficient (Wildman–Crippen LogP) is 4.50. The van der Waals surface area contributed by atoms with Crippen molar-refractivity contribution in [3.63, 3.8) is 0 Å². The molecule has 5 rings (SSSR count). The molecule has 0 bridgehead atoms. The van der Waals surface area contributed by atoms with Crippen molar-refractivity contribution in [3.05, 3.63) is 76.3 Å². The quantitative estimate of drug-likeness (QED) is 0.458. The van der Waals surface area contributed by atoms with Gasteiger partial charge in [-0.15, -0.1) is 23.4 Å². The Hall–Kier alpha value is -3.41. The summed E-state index contributed by atoms with van der Waals surface area (Å²) in [6.07, 6.45) is -2.91. The molecular weight excluding hydrogens is 535 g/mol. The molecule has 0 aliphatic carbocycles. The highest BCUT2D eigenvalue weighted by atomic mass is 35.5. The Balaban J connectivity index is 1.50. The number of nitrogens with one attached hydrogen (secondary N) is 1. The van der Waals surface area contributed by atoms with Gasteiger partial charge in [0.25, 0.3) is 0 Å². The van der Waals surface area contributed by atoms with E-state index in [-0.39, 0.29) is 18.1 Å². The Labute approximate surface area is 228 Å². The topological polar surface area (TPSA) is 81.5 Å². The molecule has 1 amide bonds. The highest BCUT2D eigenvalue weighted by Gasteiger charge is 2.33. The van der Waals surface area contributed by atoms with Crippen LogP contribution in [0.25, 0.3) is 11.3 Å². The van der Waals surface area contributed by atoms with Crippen molar-refractivity contribution < 1.29 is 27.4 Å². The van der Waals surface area contributed by atoms with Crippen LogP contribution in [0.4, 0.5) is 13.2 Å². The van der Waals surface area contributed by atoms with E-state index in [1.165, 1.54) is 12.1 Å². The maximum absolute atomic E-state index is 13.1. The number of halogens is 4. The van der Waals surface area contributed by atoms with E-state index in [4.69, 9.17) is 16.3 Å². The number of rotatable bonds is 7. The smallest absolute Gasteiger partial charge is 0.406 e. The Morgan fingerprint density at radius 3 is 2.62 bits per heavy atom. The molecule has 2 aromatic carbocycles. The zero-order valence-corrected chi connectivity index (χ0v) is 21.9. The second-order valence-electron chi connectivity index (χ2n) is 9.37. The van der Waals surface area contributed by atoms with Gasteiger partial charge in [0, 0.05) is 49.1 Å². The first-order valence-corrected chi connectivity index (χ1v) is 12.9. The number of benzene rings is 2. The van der Waals surface area contributed by atoms with Gasteiger partial charge >= 0.3 is 6.36 Å². The lowest BCUT2D eigenvalue weighted by Gasteiger charge is -2.26. The maximum atomic E-state index is 13.1. The summed E-state index contributed by atoms with van der Waals surface area (Å²) in [5, 5.41) is 12.1. The number of hydrogen-bond donors (Lipinski definition) is 1. The number of amides is 1. The van der Waals surface area contributed by atoms with E-state index in [0.29, 0.717) is 59.8 Å². The van der Waals surface area contributed by atoms with E-state index in [1.807, 2.05) is 6.08 Å². The molecule has 0 spiro atoms. The third-order valence-electron chi connectivity index (χ3n) is 6.70. The summed E-state index contributed by atoms with van der Waals surface area (Å²) in [7, 11) is 0. The van der Waals surface area contributed by atoms with E-state index < -0.39 is 12.3 Å². The van der Waals surface area contributed by atoms with E-state index in [1.54, 1.807) is 41.8 Å². The molecule has 39 heavy (non-hydrogen) atoms. The largest absolute Gasteiger partial charge is 0.573 e. The number of carbonyl (C=O) groups is 1. The average Bonchev–Trinajstić information content (AvgIpc) is 3.21. The van der Waals surface area contributed by atoms with E-state index in [9.17, 15) is 18.0 Å². The van der Waals surface area contributed by atoms with Gasteiger partial charge in [-0.25, -0.2) is 0 Å². The Morgan fingerprint density at radius 2 is 1.90 bits per heavy atom. The molecule has 1 aromatic heterocycles.